The van der Waals surface area contributed by atoms with Crippen molar-refractivity contribution in [3.8, 4) is 10.8 Å². The summed E-state index contributed by atoms with van der Waals surface area (Å²) in [5.74, 6) is 1.45. The number of rotatable bonds is 5. The molecule has 0 aliphatic heterocycles. The molecule has 0 bridgehead atoms. The molecule has 0 radical (unpaired) electrons. The van der Waals surface area contributed by atoms with Gasteiger partial charge in [-0.3, -0.25) is 9.48 Å². The van der Waals surface area contributed by atoms with Crippen LogP contribution in [0.5, 0.6) is 0 Å². The monoisotopic (exact) mass is 432 g/mol. The van der Waals surface area contributed by atoms with Gasteiger partial charge in [0.25, 0.3) is 5.91 Å². The third kappa shape index (κ3) is 3.93. The van der Waals surface area contributed by atoms with E-state index in [1.807, 2.05) is 50.4 Å². The molecule has 0 saturated heterocycles. The number of carbonyl (C=O) groups is 1. The number of furan rings is 1. The van der Waals surface area contributed by atoms with Crippen LogP contribution in [0.4, 0.5) is 0 Å². The number of benzene rings is 1. The number of thiazole rings is 1. The van der Waals surface area contributed by atoms with Crippen molar-refractivity contribution in [2.75, 3.05) is 0 Å². The van der Waals surface area contributed by atoms with E-state index < -0.39 is 0 Å². The molecule has 1 N–H and O–H groups in total. The maximum atomic E-state index is 13.1. The molecule has 1 aromatic carbocycles. The lowest BCUT2D eigenvalue weighted by Gasteiger charge is -2.24. The predicted octanol–water partition coefficient (Wildman–Crippen LogP) is 5.07. The first kappa shape index (κ1) is 19.8. The van der Waals surface area contributed by atoms with E-state index >= 15 is 0 Å². The highest BCUT2D eigenvalue weighted by Crippen LogP contribution is 2.32. The first-order valence-corrected chi connectivity index (χ1v) is 11.3. The highest BCUT2D eigenvalue weighted by Gasteiger charge is 2.27. The lowest BCUT2D eigenvalue weighted by atomic mass is 9.93. The van der Waals surface area contributed by atoms with Crippen LogP contribution in [0.2, 0.25) is 0 Å². The molecule has 1 atom stereocenters. The minimum Gasteiger partial charge on any atom is -0.459 e. The fraction of sp³-hybridized carbons (Fsp3) is 0.292. The Morgan fingerprint density at radius 3 is 2.84 bits per heavy atom. The van der Waals surface area contributed by atoms with Crippen LogP contribution in [-0.2, 0) is 13.0 Å². The summed E-state index contributed by atoms with van der Waals surface area (Å²) in [7, 11) is 0. The summed E-state index contributed by atoms with van der Waals surface area (Å²) in [5, 5.41) is 8.59. The molecule has 1 aliphatic carbocycles. The molecule has 1 unspecified atom stereocenters. The van der Waals surface area contributed by atoms with Crippen LogP contribution >= 0.6 is 11.3 Å². The highest BCUT2D eigenvalue weighted by atomic mass is 32.1. The Morgan fingerprint density at radius 1 is 1.23 bits per heavy atom. The Kier molecular flexibility index (Phi) is 5.19. The molecule has 5 rings (SSSR count). The molecule has 1 aliphatic rings. The van der Waals surface area contributed by atoms with Crippen molar-refractivity contribution in [1.82, 2.24) is 20.1 Å². The SMILES string of the molecule is Cc1ccc(-c2nc(C)c(C(=O)NC3CCCc4c3cnn4Cc3ccccc3)s2)o1. The molecule has 3 aromatic heterocycles. The summed E-state index contributed by atoms with van der Waals surface area (Å²) in [5.41, 5.74) is 4.29. The Bertz CT molecular complexity index is 1220. The molecule has 3 heterocycles. The van der Waals surface area contributed by atoms with Crippen LogP contribution in [0.25, 0.3) is 10.8 Å². The van der Waals surface area contributed by atoms with E-state index in [1.165, 1.54) is 22.6 Å². The number of nitrogens with zero attached hydrogens (tertiary/aromatic N) is 3. The van der Waals surface area contributed by atoms with Crippen molar-refractivity contribution in [2.45, 2.75) is 45.7 Å². The van der Waals surface area contributed by atoms with Crippen molar-refractivity contribution in [2.24, 2.45) is 0 Å². The number of aromatic nitrogens is 3. The second-order valence-corrected chi connectivity index (χ2v) is 8.95. The quantitative estimate of drug-likeness (QED) is 0.478. The fourth-order valence-corrected chi connectivity index (χ4v) is 5.08. The van der Waals surface area contributed by atoms with Gasteiger partial charge in [-0.25, -0.2) is 4.98 Å². The Labute approximate surface area is 184 Å². The summed E-state index contributed by atoms with van der Waals surface area (Å²) < 4.78 is 7.74. The Hall–Kier alpha value is -3.19. The Balaban J connectivity index is 1.35. The molecule has 158 valence electrons. The second-order valence-electron chi connectivity index (χ2n) is 7.95. The number of hydrogen-bond acceptors (Lipinski definition) is 5. The topological polar surface area (TPSA) is 73.0 Å². The smallest absolute Gasteiger partial charge is 0.263 e. The predicted molar refractivity (Wildman–Crippen MR) is 120 cm³/mol. The first-order chi connectivity index (χ1) is 15.1. The van der Waals surface area contributed by atoms with Gasteiger partial charge >= 0.3 is 0 Å². The summed E-state index contributed by atoms with van der Waals surface area (Å²) in [6.45, 7) is 4.52. The van der Waals surface area contributed by atoms with Crippen molar-refractivity contribution in [3.63, 3.8) is 0 Å². The Morgan fingerprint density at radius 2 is 2.06 bits per heavy atom. The lowest BCUT2D eigenvalue weighted by molar-refractivity contribution is 0.0936. The summed E-state index contributed by atoms with van der Waals surface area (Å²) in [6, 6.07) is 14.1. The van der Waals surface area contributed by atoms with Crippen molar-refractivity contribution in [1.29, 1.82) is 0 Å². The van der Waals surface area contributed by atoms with Gasteiger partial charge in [0.15, 0.2) is 10.8 Å². The molecule has 0 fully saturated rings. The number of nitrogens with one attached hydrogen (secondary N) is 1. The number of fused-ring (bicyclic) bond motifs is 1. The average Bonchev–Trinajstić information content (AvgIpc) is 3.48. The van der Waals surface area contributed by atoms with Crippen LogP contribution in [0.1, 0.15) is 56.8 Å². The maximum absolute atomic E-state index is 13.1. The van der Waals surface area contributed by atoms with E-state index in [0.29, 0.717) is 10.6 Å². The first-order valence-electron chi connectivity index (χ1n) is 10.5. The molecule has 4 aromatic rings. The van der Waals surface area contributed by atoms with Crippen LogP contribution in [-0.4, -0.2) is 20.7 Å². The van der Waals surface area contributed by atoms with Crippen molar-refractivity contribution in [3.05, 3.63) is 81.8 Å². The van der Waals surface area contributed by atoms with E-state index in [-0.39, 0.29) is 11.9 Å². The highest BCUT2D eigenvalue weighted by molar-refractivity contribution is 7.17. The number of carbonyl (C=O) groups excluding carboxylic acids is 1. The molecular formula is C24H24N4O2S. The van der Waals surface area contributed by atoms with Crippen molar-refractivity contribution >= 4 is 17.2 Å². The number of hydrogen-bond donors (Lipinski definition) is 1. The van der Waals surface area contributed by atoms with E-state index in [2.05, 4.69) is 32.2 Å². The summed E-state index contributed by atoms with van der Waals surface area (Å²) in [4.78, 5) is 18.3. The second kappa shape index (κ2) is 8.15. The average molecular weight is 433 g/mol. The van der Waals surface area contributed by atoms with Gasteiger partial charge in [-0.15, -0.1) is 11.3 Å². The van der Waals surface area contributed by atoms with Gasteiger partial charge in [-0.1, -0.05) is 30.3 Å². The lowest BCUT2D eigenvalue weighted by Crippen LogP contribution is -2.31. The van der Waals surface area contributed by atoms with E-state index in [4.69, 9.17) is 4.42 Å². The van der Waals surface area contributed by atoms with Gasteiger partial charge in [0.05, 0.1) is 24.5 Å². The minimum absolute atomic E-state index is 0.0309. The number of amides is 1. The van der Waals surface area contributed by atoms with Crippen LogP contribution in [0.3, 0.4) is 0 Å². The maximum Gasteiger partial charge on any atom is 0.263 e. The van der Waals surface area contributed by atoms with Gasteiger partial charge in [0.2, 0.25) is 0 Å². The standard InChI is InChI=1S/C24H24N4O2S/c1-15-11-12-21(30-15)24-26-16(2)22(31-24)23(29)27-19-9-6-10-20-18(19)13-25-28(20)14-17-7-4-3-5-8-17/h3-5,7-8,11-13,19H,6,9-10,14H2,1-2H3,(H,27,29). The van der Waals surface area contributed by atoms with Crippen LogP contribution in [0, 0.1) is 13.8 Å². The van der Waals surface area contributed by atoms with Gasteiger partial charge in [-0.05, 0) is 50.8 Å². The van der Waals surface area contributed by atoms with Crippen LogP contribution < -0.4 is 5.32 Å². The molecule has 1 amide bonds. The fourth-order valence-electron chi connectivity index (χ4n) is 4.15. The zero-order chi connectivity index (χ0) is 21.4. The molecule has 31 heavy (non-hydrogen) atoms. The third-order valence-electron chi connectivity index (χ3n) is 5.70. The molecule has 6 nitrogen and oxygen atoms in total. The minimum atomic E-state index is -0.0850. The third-order valence-corrected chi connectivity index (χ3v) is 6.87. The van der Waals surface area contributed by atoms with E-state index in [0.717, 1.165) is 47.8 Å². The van der Waals surface area contributed by atoms with Crippen molar-refractivity contribution < 1.29 is 9.21 Å². The largest absolute Gasteiger partial charge is 0.459 e. The normalized spacial score (nSPS) is 15.6. The molecule has 0 saturated carbocycles. The van der Waals surface area contributed by atoms with E-state index in [9.17, 15) is 4.79 Å². The van der Waals surface area contributed by atoms with Gasteiger partial charge < -0.3 is 9.73 Å². The zero-order valence-electron chi connectivity index (χ0n) is 17.6. The molecule has 0 spiro atoms. The number of aryl methyl sites for hydroxylation is 2. The van der Waals surface area contributed by atoms with Gasteiger partial charge in [0.1, 0.15) is 10.6 Å². The molecular weight excluding hydrogens is 408 g/mol. The van der Waals surface area contributed by atoms with Gasteiger partial charge in [0, 0.05) is 11.3 Å². The summed E-state index contributed by atoms with van der Waals surface area (Å²) >= 11 is 1.37. The molecule has 7 heteroatoms. The summed E-state index contributed by atoms with van der Waals surface area (Å²) in [6.07, 6.45) is 4.84. The van der Waals surface area contributed by atoms with Gasteiger partial charge in [-0.2, -0.15) is 5.10 Å². The zero-order valence-corrected chi connectivity index (χ0v) is 18.4. The van der Waals surface area contributed by atoms with Crippen LogP contribution in [0.15, 0.2) is 53.1 Å². The van der Waals surface area contributed by atoms with E-state index in [1.54, 1.807) is 0 Å².